The highest BCUT2D eigenvalue weighted by molar-refractivity contribution is 5.65. The minimum absolute atomic E-state index is 0.192. The first-order valence-electron chi connectivity index (χ1n) is 6.37. The number of rotatable bonds is 5. The summed E-state index contributed by atoms with van der Waals surface area (Å²) >= 11 is 0. The van der Waals surface area contributed by atoms with Gasteiger partial charge in [0.25, 0.3) is 5.89 Å². The number of hydrogen-bond donors (Lipinski definition) is 1. The molecule has 1 heterocycles. The van der Waals surface area contributed by atoms with Crippen LogP contribution in [0.3, 0.4) is 0 Å². The molecule has 2 rings (SSSR count). The van der Waals surface area contributed by atoms with Crippen molar-refractivity contribution in [3.8, 4) is 17.2 Å². The molecule has 1 aromatic carbocycles. The van der Waals surface area contributed by atoms with Gasteiger partial charge >= 0.3 is 0 Å². The second-order valence-corrected chi connectivity index (χ2v) is 4.81. The van der Waals surface area contributed by atoms with E-state index in [0.717, 1.165) is 5.56 Å². The van der Waals surface area contributed by atoms with Crippen LogP contribution in [0.4, 0.5) is 5.69 Å². The lowest BCUT2D eigenvalue weighted by atomic mass is 10.1. The summed E-state index contributed by atoms with van der Waals surface area (Å²) in [5.41, 5.74) is 7.15. The van der Waals surface area contributed by atoms with Crippen molar-refractivity contribution in [2.75, 3.05) is 20.0 Å². The van der Waals surface area contributed by atoms with E-state index in [1.807, 2.05) is 19.9 Å². The van der Waals surface area contributed by atoms with Crippen LogP contribution < -0.4 is 10.5 Å². The molecule has 0 aliphatic heterocycles. The van der Waals surface area contributed by atoms with Gasteiger partial charge in [-0.2, -0.15) is 4.98 Å². The van der Waals surface area contributed by atoms with Crippen molar-refractivity contribution in [3.05, 3.63) is 24.0 Å². The molecular formula is C14H19N3O3. The van der Waals surface area contributed by atoms with Gasteiger partial charge in [0.2, 0.25) is 5.82 Å². The average molecular weight is 277 g/mol. The molecule has 0 spiro atoms. The Kier molecular flexibility index (Phi) is 4.24. The van der Waals surface area contributed by atoms with E-state index < -0.39 is 0 Å². The van der Waals surface area contributed by atoms with Gasteiger partial charge < -0.3 is 19.7 Å². The number of nitrogens with zero attached hydrogens (tertiary/aromatic N) is 2. The lowest BCUT2D eigenvalue weighted by Crippen LogP contribution is -2.10. The molecule has 108 valence electrons. The van der Waals surface area contributed by atoms with Crippen LogP contribution in [0.5, 0.6) is 5.75 Å². The molecule has 0 radical (unpaired) electrons. The van der Waals surface area contributed by atoms with Crippen LogP contribution in [0, 0.1) is 5.92 Å². The van der Waals surface area contributed by atoms with Gasteiger partial charge in [0.1, 0.15) is 11.9 Å². The summed E-state index contributed by atoms with van der Waals surface area (Å²) in [6, 6.07) is 5.34. The summed E-state index contributed by atoms with van der Waals surface area (Å²) in [5.74, 6) is 1.82. The Morgan fingerprint density at radius 3 is 2.55 bits per heavy atom. The van der Waals surface area contributed by atoms with Gasteiger partial charge in [0.15, 0.2) is 0 Å². The van der Waals surface area contributed by atoms with Crippen molar-refractivity contribution >= 4 is 5.69 Å². The fourth-order valence-electron chi connectivity index (χ4n) is 2.01. The fraction of sp³-hybridized carbons (Fsp3) is 0.429. The molecule has 0 bridgehead atoms. The summed E-state index contributed by atoms with van der Waals surface area (Å²) in [5, 5.41) is 3.97. The number of nitrogens with two attached hydrogens (primary N) is 1. The van der Waals surface area contributed by atoms with E-state index in [-0.39, 0.29) is 12.0 Å². The van der Waals surface area contributed by atoms with Crippen LogP contribution in [-0.4, -0.2) is 24.4 Å². The average Bonchev–Trinajstić information content (AvgIpc) is 2.88. The minimum Gasteiger partial charge on any atom is -0.495 e. The van der Waals surface area contributed by atoms with E-state index in [0.29, 0.717) is 23.2 Å². The van der Waals surface area contributed by atoms with Gasteiger partial charge in [0.05, 0.1) is 12.8 Å². The normalized spacial score (nSPS) is 12.7. The summed E-state index contributed by atoms with van der Waals surface area (Å²) in [6.45, 7) is 4.07. The molecular weight excluding hydrogens is 258 g/mol. The largest absolute Gasteiger partial charge is 0.495 e. The number of hydrogen-bond acceptors (Lipinski definition) is 6. The first-order chi connectivity index (χ1) is 9.56. The second-order valence-electron chi connectivity index (χ2n) is 4.81. The summed E-state index contributed by atoms with van der Waals surface area (Å²) in [4.78, 5) is 4.37. The molecule has 1 aromatic heterocycles. The molecule has 1 unspecified atom stereocenters. The number of aromatic nitrogens is 2. The van der Waals surface area contributed by atoms with Crippen molar-refractivity contribution in [1.29, 1.82) is 0 Å². The monoisotopic (exact) mass is 277 g/mol. The molecule has 2 N–H and O–H groups in total. The first kappa shape index (κ1) is 14.3. The van der Waals surface area contributed by atoms with Crippen LogP contribution in [-0.2, 0) is 4.74 Å². The zero-order chi connectivity index (χ0) is 14.7. The molecule has 20 heavy (non-hydrogen) atoms. The summed E-state index contributed by atoms with van der Waals surface area (Å²) in [6.07, 6.45) is -0.192. The molecule has 0 saturated heterocycles. The Morgan fingerprint density at radius 2 is 2.00 bits per heavy atom. The molecule has 0 amide bonds. The molecule has 0 aliphatic carbocycles. The van der Waals surface area contributed by atoms with Gasteiger partial charge in [-0.25, -0.2) is 0 Å². The highest BCUT2D eigenvalue weighted by Gasteiger charge is 2.22. The van der Waals surface area contributed by atoms with E-state index >= 15 is 0 Å². The van der Waals surface area contributed by atoms with E-state index in [2.05, 4.69) is 10.1 Å². The Labute approximate surface area is 117 Å². The van der Waals surface area contributed by atoms with Gasteiger partial charge in [0, 0.05) is 12.7 Å². The van der Waals surface area contributed by atoms with Crippen LogP contribution in [0.15, 0.2) is 22.7 Å². The van der Waals surface area contributed by atoms with Crippen LogP contribution in [0.25, 0.3) is 11.5 Å². The number of ether oxygens (including phenoxy) is 2. The van der Waals surface area contributed by atoms with Crippen molar-refractivity contribution < 1.29 is 14.0 Å². The van der Waals surface area contributed by atoms with E-state index in [1.54, 1.807) is 26.4 Å². The standard InChI is InChI=1S/C14H19N3O3/c1-8(2)12(19-4)13-16-14(20-17-13)9-5-6-11(18-3)10(15)7-9/h5-8,12H,15H2,1-4H3. The van der Waals surface area contributed by atoms with Crippen LogP contribution in [0.2, 0.25) is 0 Å². The summed E-state index contributed by atoms with van der Waals surface area (Å²) < 4.78 is 15.8. The Balaban J connectivity index is 2.31. The SMILES string of the molecule is COc1ccc(-c2nc(C(OC)C(C)C)no2)cc1N. The van der Waals surface area contributed by atoms with E-state index in [9.17, 15) is 0 Å². The highest BCUT2D eigenvalue weighted by Crippen LogP contribution is 2.29. The van der Waals surface area contributed by atoms with Crippen molar-refractivity contribution in [1.82, 2.24) is 10.1 Å². The quantitative estimate of drug-likeness (QED) is 0.846. The third-order valence-corrected chi connectivity index (χ3v) is 3.03. The van der Waals surface area contributed by atoms with E-state index in [4.69, 9.17) is 19.7 Å². The van der Waals surface area contributed by atoms with Gasteiger partial charge in [-0.05, 0) is 24.1 Å². The Morgan fingerprint density at radius 1 is 1.25 bits per heavy atom. The maximum Gasteiger partial charge on any atom is 0.258 e. The molecule has 1 atom stereocenters. The summed E-state index contributed by atoms with van der Waals surface area (Å²) in [7, 11) is 3.20. The molecule has 2 aromatic rings. The molecule has 0 saturated carbocycles. The third kappa shape index (κ3) is 2.75. The lowest BCUT2D eigenvalue weighted by molar-refractivity contribution is 0.0556. The molecule has 0 aliphatic rings. The number of methoxy groups -OCH3 is 2. The maximum absolute atomic E-state index is 5.87. The molecule has 6 heteroatoms. The van der Waals surface area contributed by atoms with Crippen molar-refractivity contribution in [2.45, 2.75) is 20.0 Å². The van der Waals surface area contributed by atoms with Gasteiger partial charge in [-0.1, -0.05) is 19.0 Å². The highest BCUT2D eigenvalue weighted by atomic mass is 16.5. The molecule has 0 fully saturated rings. The predicted molar refractivity (Wildman–Crippen MR) is 75.3 cm³/mol. The molecule has 6 nitrogen and oxygen atoms in total. The van der Waals surface area contributed by atoms with Crippen molar-refractivity contribution in [3.63, 3.8) is 0 Å². The predicted octanol–water partition coefficient (Wildman–Crippen LogP) is 2.67. The number of benzene rings is 1. The zero-order valence-electron chi connectivity index (χ0n) is 12.1. The van der Waals surface area contributed by atoms with Gasteiger partial charge in [-0.3, -0.25) is 0 Å². The minimum atomic E-state index is -0.192. The lowest BCUT2D eigenvalue weighted by Gasteiger charge is -2.14. The first-order valence-corrected chi connectivity index (χ1v) is 6.37. The Hall–Kier alpha value is -2.08. The smallest absolute Gasteiger partial charge is 0.258 e. The van der Waals surface area contributed by atoms with E-state index in [1.165, 1.54) is 0 Å². The number of nitrogen functional groups attached to an aromatic ring is 1. The topological polar surface area (TPSA) is 83.4 Å². The maximum atomic E-state index is 5.87. The van der Waals surface area contributed by atoms with Crippen LogP contribution >= 0.6 is 0 Å². The number of anilines is 1. The van der Waals surface area contributed by atoms with Crippen molar-refractivity contribution in [2.24, 2.45) is 5.92 Å². The third-order valence-electron chi connectivity index (χ3n) is 3.03. The second kappa shape index (κ2) is 5.92. The fourth-order valence-corrected chi connectivity index (χ4v) is 2.01. The zero-order valence-corrected chi connectivity index (χ0v) is 12.1. The Bertz CT molecular complexity index is 581. The van der Waals surface area contributed by atoms with Gasteiger partial charge in [-0.15, -0.1) is 0 Å². The van der Waals surface area contributed by atoms with Crippen LogP contribution in [0.1, 0.15) is 25.8 Å².